The maximum absolute atomic E-state index is 15.6. The fourth-order valence-electron chi connectivity index (χ4n) is 6.92. The van der Waals surface area contributed by atoms with Crippen molar-refractivity contribution in [3.05, 3.63) is 73.2 Å². The molecule has 11 heteroatoms. The van der Waals surface area contributed by atoms with Gasteiger partial charge in [-0.3, -0.25) is 14.7 Å². The van der Waals surface area contributed by atoms with E-state index in [2.05, 4.69) is 57.5 Å². The molecule has 2 saturated carbocycles. The topological polar surface area (TPSA) is 105 Å². The maximum atomic E-state index is 15.6. The summed E-state index contributed by atoms with van der Waals surface area (Å²) in [5, 5.41) is 12.0. The molecule has 7 unspecified atom stereocenters. The van der Waals surface area contributed by atoms with E-state index in [4.69, 9.17) is 25.4 Å². The number of benzene rings is 2. The fraction of sp³-hybridized carbons (Fsp3) is 0.618. The van der Waals surface area contributed by atoms with Crippen molar-refractivity contribution in [2.45, 2.75) is 98.1 Å². The summed E-state index contributed by atoms with van der Waals surface area (Å²) in [7, 11) is -4.29. The molecule has 0 aliphatic heterocycles. The second-order valence-corrected chi connectivity index (χ2v) is 17.0. The minimum atomic E-state index is -4.29. The predicted octanol–water partition coefficient (Wildman–Crippen LogP) is 11.0. The molecule has 2 aromatic carbocycles. The van der Waals surface area contributed by atoms with Crippen molar-refractivity contribution in [3.63, 3.8) is 0 Å². The molecule has 0 N–H and O–H groups in total. The number of nitro benzene ring substituents is 1. The Labute approximate surface area is 280 Å². The van der Waals surface area contributed by atoms with E-state index in [1.807, 2.05) is 0 Å². The lowest BCUT2D eigenvalue weighted by molar-refractivity contribution is -0.385. The molecule has 2 aliphatic rings. The summed E-state index contributed by atoms with van der Waals surface area (Å²) in [6.07, 6.45) is 4.61. The van der Waals surface area contributed by atoms with E-state index in [0.29, 0.717) is 30.2 Å². The van der Waals surface area contributed by atoms with E-state index in [-0.39, 0.29) is 46.5 Å². The van der Waals surface area contributed by atoms with Gasteiger partial charge < -0.3 is 13.8 Å². The van der Waals surface area contributed by atoms with Gasteiger partial charge in [0.25, 0.3) is 5.69 Å². The lowest BCUT2D eigenvalue weighted by atomic mass is 9.75. The zero-order valence-corrected chi connectivity index (χ0v) is 30.2. The molecule has 2 aromatic rings. The van der Waals surface area contributed by atoms with E-state index in [9.17, 15) is 14.9 Å². The summed E-state index contributed by atoms with van der Waals surface area (Å²) in [5.74, 6) is -0.897. The van der Waals surface area contributed by atoms with Crippen LogP contribution in [0.25, 0.3) is 0 Å². The average Bonchev–Trinajstić information content (AvgIpc) is 2.96. The fourth-order valence-corrected chi connectivity index (χ4v) is 9.62. The largest absolute Gasteiger partial charge is 0.441 e. The number of nitro groups is 1. The lowest BCUT2D eigenvalue weighted by Crippen LogP contribution is -2.37. The van der Waals surface area contributed by atoms with Crippen LogP contribution in [0.2, 0.25) is 5.02 Å². The zero-order valence-electron chi connectivity index (χ0n) is 27.0. The monoisotopic (exact) mass is 725 g/mol. The molecule has 8 nitrogen and oxygen atoms in total. The lowest BCUT2D eigenvalue weighted by Gasteiger charge is -2.43. The van der Waals surface area contributed by atoms with Crippen LogP contribution in [0.4, 0.5) is 5.69 Å². The molecule has 0 amide bonds. The summed E-state index contributed by atoms with van der Waals surface area (Å²) in [4.78, 5) is 25.0. The minimum absolute atomic E-state index is 0.109. The van der Waals surface area contributed by atoms with Crippen molar-refractivity contribution < 1.29 is 28.1 Å². The second-order valence-electron chi connectivity index (χ2n) is 13.7. The van der Waals surface area contributed by atoms with E-state index >= 15 is 4.57 Å². The second kappa shape index (κ2) is 15.4. The summed E-state index contributed by atoms with van der Waals surface area (Å²) in [6, 6.07) is 10.7. The third-order valence-electron chi connectivity index (χ3n) is 9.52. The Morgan fingerprint density at radius 2 is 1.42 bits per heavy atom. The number of rotatable bonds is 11. The smallest absolute Gasteiger partial charge is 0.376 e. The number of nitrogens with zero attached hydrogens (tertiary/aromatic N) is 1. The Hall–Kier alpha value is -1.77. The third kappa shape index (κ3) is 8.98. The van der Waals surface area contributed by atoms with Crippen LogP contribution in [0.1, 0.15) is 102 Å². The van der Waals surface area contributed by atoms with Gasteiger partial charge in [-0.1, -0.05) is 94.0 Å². The summed E-state index contributed by atoms with van der Waals surface area (Å²) in [5.41, 5.74) is -0.377. The molecule has 0 aromatic heterocycles. The van der Waals surface area contributed by atoms with Crippen LogP contribution in [0.5, 0.6) is 0 Å². The van der Waals surface area contributed by atoms with Crippen LogP contribution < -0.4 is 0 Å². The van der Waals surface area contributed by atoms with Crippen molar-refractivity contribution in [1.82, 2.24) is 0 Å². The van der Waals surface area contributed by atoms with E-state index < -0.39 is 30.0 Å². The Kier molecular flexibility index (Phi) is 12.4. The Morgan fingerprint density at radius 3 is 1.89 bits per heavy atom. The highest BCUT2D eigenvalue weighted by molar-refractivity contribution is 9.10. The Morgan fingerprint density at radius 1 is 0.911 bits per heavy atom. The number of carbonyl (C=O) groups excluding carboxylic acids is 1. The van der Waals surface area contributed by atoms with Crippen molar-refractivity contribution in [3.8, 4) is 0 Å². The van der Waals surface area contributed by atoms with Crippen LogP contribution in [0, 0.1) is 45.6 Å². The standard InChI is InChI=1S/C34H46BrClNO7P/c1-20(2)27-14-7-22(5)17-31(27)43-45(41,44-32-18-23(6)8-15-28(32)21(3)4)34(24-9-11-25(35)12-10-24)42-33(38)29-16-13-26(36)19-30(29)37(39)40/h9-13,16,19-23,27-28,31-32,34H,7-8,14-15,17-18H2,1-6H3. The van der Waals surface area contributed by atoms with Crippen molar-refractivity contribution >= 4 is 46.8 Å². The zero-order chi connectivity index (χ0) is 33.1. The van der Waals surface area contributed by atoms with Crippen LogP contribution in [0.3, 0.4) is 0 Å². The summed E-state index contributed by atoms with van der Waals surface area (Å²) in [6.45, 7) is 12.9. The molecule has 0 saturated heterocycles. The number of ether oxygens (including phenoxy) is 1. The highest BCUT2D eigenvalue weighted by Gasteiger charge is 2.49. The van der Waals surface area contributed by atoms with Gasteiger partial charge in [-0.2, -0.15) is 0 Å². The Balaban J connectivity index is 1.84. The van der Waals surface area contributed by atoms with Crippen molar-refractivity contribution in [1.29, 1.82) is 0 Å². The molecule has 2 fully saturated rings. The van der Waals surface area contributed by atoms with E-state index in [1.54, 1.807) is 24.3 Å². The number of carbonyl (C=O) groups is 1. The number of hydrogen-bond acceptors (Lipinski definition) is 7. The predicted molar refractivity (Wildman–Crippen MR) is 180 cm³/mol. The van der Waals surface area contributed by atoms with Gasteiger partial charge in [0, 0.05) is 21.1 Å². The molecule has 248 valence electrons. The molecule has 0 radical (unpaired) electrons. The highest BCUT2D eigenvalue weighted by Crippen LogP contribution is 2.66. The number of hydrogen-bond donors (Lipinski definition) is 0. The number of esters is 1. The van der Waals surface area contributed by atoms with Gasteiger partial charge in [0.05, 0.1) is 17.1 Å². The summed E-state index contributed by atoms with van der Waals surface area (Å²) >= 11 is 9.49. The quantitative estimate of drug-likeness (QED) is 0.0982. The van der Waals surface area contributed by atoms with E-state index in [1.165, 1.54) is 12.1 Å². The molecule has 2 aliphatic carbocycles. The molecule has 45 heavy (non-hydrogen) atoms. The van der Waals surface area contributed by atoms with Gasteiger partial charge in [0.2, 0.25) is 5.85 Å². The summed E-state index contributed by atoms with van der Waals surface area (Å²) < 4.78 is 36.0. The van der Waals surface area contributed by atoms with Gasteiger partial charge >= 0.3 is 13.6 Å². The minimum Gasteiger partial charge on any atom is -0.441 e. The SMILES string of the molecule is CC1CCC(C(C)C)C(OP(=O)(OC2CC(C)CCC2C(C)C)C(OC(=O)c2ccc(Cl)cc2[N+](=O)[O-])c2ccc(Br)cc2)C1. The molecular formula is C34H46BrClNO7P. The van der Waals surface area contributed by atoms with Crippen LogP contribution in [-0.2, 0) is 18.3 Å². The van der Waals surface area contributed by atoms with Gasteiger partial charge in [-0.25, -0.2) is 4.79 Å². The average molecular weight is 727 g/mol. The first-order valence-electron chi connectivity index (χ1n) is 16.0. The van der Waals surface area contributed by atoms with Crippen LogP contribution in [-0.4, -0.2) is 23.1 Å². The third-order valence-corrected chi connectivity index (χ3v) is 12.4. The van der Waals surface area contributed by atoms with Crippen LogP contribution >= 0.6 is 35.1 Å². The van der Waals surface area contributed by atoms with Crippen molar-refractivity contribution in [2.24, 2.45) is 35.5 Å². The molecule has 4 rings (SSSR count). The number of halogens is 2. The molecule has 0 spiro atoms. The first-order chi connectivity index (χ1) is 21.2. The van der Waals surface area contributed by atoms with Gasteiger partial charge in [-0.05, 0) is 85.5 Å². The van der Waals surface area contributed by atoms with E-state index in [0.717, 1.165) is 36.2 Å². The maximum Gasteiger partial charge on any atom is 0.376 e. The van der Waals surface area contributed by atoms with Crippen molar-refractivity contribution in [2.75, 3.05) is 0 Å². The molecule has 0 heterocycles. The molecule has 7 atom stereocenters. The van der Waals surface area contributed by atoms with Gasteiger partial charge in [0.15, 0.2) is 0 Å². The molecule has 0 bridgehead atoms. The highest BCUT2D eigenvalue weighted by atomic mass is 79.9. The normalized spacial score (nSPS) is 27.6. The first-order valence-corrected chi connectivity index (χ1v) is 18.8. The molecular weight excluding hydrogens is 681 g/mol. The Bertz CT molecular complexity index is 1350. The first kappa shape index (κ1) is 36.1. The van der Waals surface area contributed by atoms with Crippen LogP contribution in [0.15, 0.2) is 46.9 Å². The van der Waals surface area contributed by atoms with Gasteiger partial charge in [0.1, 0.15) is 5.56 Å². The van der Waals surface area contributed by atoms with Gasteiger partial charge in [-0.15, -0.1) is 0 Å².